The number of rotatable bonds is 6. The molecule has 2 N–H and O–H groups in total. The first-order chi connectivity index (χ1) is 9.75. The lowest BCUT2D eigenvalue weighted by Gasteiger charge is -2.31. The topological polar surface area (TPSA) is 60.1 Å². The van der Waals surface area contributed by atoms with E-state index in [1.165, 1.54) is 12.8 Å². The van der Waals surface area contributed by atoms with Crippen LogP contribution in [0.5, 0.6) is 0 Å². The molecule has 0 spiro atoms. The standard InChI is InChI=1S/C15H29N3O2/c1-13-3-7-18(8-4-13)15(16)17-6-2-9-19-11-14-5-10-20-12-14/h13-14H,2-12H2,1H3,(H2,16,17). The van der Waals surface area contributed by atoms with Gasteiger partial charge in [-0.3, -0.25) is 4.99 Å². The van der Waals surface area contributed by atoms with Gasteiger partial charge in [0.25, 0.3) is 0 Å². The van der Waals surface area contributed by atoms with E-state index < -0.39 is 0 Å². The SMILES string of the molecule is CC1CCN(C(N)=NCCCOCC2CCOC2)CC1. The van der Waals surface area contributed by atoms with Crippen LogP contribution in [0.1, 0.15) is 32.6 Å². The number of ether oxygens (including phenoxy) is 2. The van der Waals surface area contributed by atoms with Crippen molar-refractivity contribution in [1.29, 1.82) is 0 Å². The molecule has 20 heavy (non-hydrogen) atoms. The van der Waals surface area contributed by atoms with Gasteiger partial charge in [-0.15, -0.1) is 0 Å². The van der Waals surface area contributed by atoms with Crippen molar-refractivity contribution in [2.24, 2.45) is 22.6 Å². The highest BCUT2D eigenvalue weighted by atomic mass is 16.5. The molecule has 0 aromatic rings. The van der Waals surface area contributed by atoms with Gasteiger partial charge in [0, 0.05) is 38.8 Å². The van der Waals surface area contributed by atoms with Crippen molar-refractivity contribution >= 4 is 5.96 Å². The molecule has 5 nitrogen and oxygen atoms in total. The summed E-state index contributed by atoms with van der Waals surface area (Å²) >= 11 is 0. The zero-order valence-corrected chi connectivity index (χ0v) is 12.7. The normalized spacial score (nSPS) is 25.4. The van der Waals surface area contributed by atoms with Crippen LogP contribution in [0.15, 0.2) is 4.99 Å². The number of nitrogens with two attached hydrogens (primary N) is 1. The first-order valence-electron chi connectivity index (χ1n) is 7.96. The summed E-state index contributed by atoms with van der Waals surface area (Å²) in [4.78, 5) is 6.66. The molecule has 1 unspecified atom stereocenters. The van der Waals surface area contributed by atoms with Crippen molar-refractivity contribution in [3.8, 4) is 0 Å². The molecule has 0 amide bonds. The maximum absolute atomic E-state index is 6.03. The van der Waals surface area contributed by atoms with Crippen molar-refractivity contribution in [3.63, 3.8) is 0 Å². The van der Waals surface area contributed by atoms with Crippen LogP contribution in [0.25, 0.3) is 0 Å². The van der Waals surface area contributed by atoms with Crippen LogP contribution in [0.2, 0.25) is 0 Å². The molecule has 0 aromatic carbocycles. The lowest BCUT2D eigenvalue weighted by atomic mass is 10.00. The lowest BCUT2D eigenvalue weighted by molar-refractivity contribution is 0.0893. The third kappa shape index (κ3) is 5.29. The van der Waals surface area contributed by atoms with Gasteiger partial charge in [-0.2, -0.15) is 0 Å². The Morgan fingerprint density at radius 2 is 2.15 bits per heavy atom. The highest BCUT2D eigenvalue weighted by Crippen LogP contribution is 2.15. The Kier molecular flexibility index (Phi) is 6.60. The maximum atomic E-state index is 6.03. The van der Waals surface area contributed by atoms with Gasteiger partial charge in [0.1, 0.15) is 0 Å². The molecule has 0 aliphatic carbocycles. The third-order valence-electron chi connectivity index (χ3n) is 4.21. The van der Waals surface area contributed by atoms with Crippen molar-refractivity contribution in [1.82, 2.24) is 4.90 Å². The average Bonchev–Trinajstić information content (AvgIpc) is 2.96. The monoisotopic (exact) mass is 283 g/mol. The van der Waals surface area contributed by atoms with Crippen LogP contribution in [0, 0.1) is 11.8 Å². The van der Waals surface area contributed by atoms with Crippen LogP contribution < -0.4 is 5.73 Å². The highest BCUT2D eigenvalue weighted by molar-refractivity contribution is 5.78. The van der Waals surface area contributed by atoms with E-state index in [0.29, 0.717) is 11.9 Å². The molecule has 0 saturated carbocycles. The minimum absolute atomic E-state index is 0.596. The van der Waals surface area contributed by atoms with E-state index in [9.17, 15) is 0 Å². The summed E-state index contributed by atoms with van der Waals surface area (Å²) in [6.07, 6.45) is 4.53. The molecular weight excluding hydrogens is 254 g/mol. The third-order valence-corrected chi connectivity index (χ3v) is 4.21. The Bertz CT molecular complexity index is 295. The number of nitrogens with zero attached hydrogens (tertiary/aromatic N) is 2. The van der Waals surface area contributed by atoms with Crippen molar-refractivity contribution < 1.29 is 9.47 Å². The quantitative estimate of drug-likeness (QED) is 0.456. The van der Waals surface area contributed by atoms with E-state index in [4.69, 9.17) is 15.2 Å². The van der Waals surface area contributed by atoms with E-state index >= 15 is 0 Å². The number of piperidine rings is 1. The van der Waals surface area contributed by atoms with Crippen LogP contribution in [0.3, 0.4) is 0 Å². The van der Waals surface area contributed by atoms with Crippen molar-refractivity contribution in [3.05, 3.63) is 0 Å². The van der Waals surface area contributed by atoms with E-state index in [-0.39, 0.29) is 0 Å². The Balaban J connectivity index is 1.51. The Morgan fingerprint density at radius 1 is 1.35 bits per heavy atom. The van der Waals surface area contributed by atoms with Gasteiger partial charge in [0.15, 0.2) is 5.96 Å². The molecule has 1 atom stereocenters. The summed E-state index contributed by atoms with van der Waals surface area (Å²) in [5.74, 6) is 2.13. The molecule has 0 aromatic heterocycles. The molecule has 2 aliphatic rings. The van der Waals surface area contributed by atoms with Gasteiger partial charge < -0.3 is 20.1 Å². The number of hydrogen-bond donors (Lipinski definition) is 1. The lowest BCUT2D eigenvalue weighted by Crippen LogP contribution is -2.42. The first kappa shape index (κ1) is 15.6. The van der Waals surface area contributed by atoms with E-state index in [2.05, 4.69) is 16.8 Å². The molecule has 0 radical (unpaired) electrons. The van der Waals surface area contributed by atoms with Gasteiger partial charge >= 0.3 is 0 Å². The maximum Gasteiger partial charge on any atom is 0.191 e. The molecule has 2 fully saturated rings. The molecule has 116 valence electrons. The van der Waals surface area contributed by atoms with E-state index in [1.54, 1.807) is 0 Å². The predicted octanol–water partition coefficient (Wildman–Crippen LogP) is 1.48. The van der Waals surface area contributed by atoms with Crippen LogP contribution in [0.4, 0.5) is 0 Å². The van der Waals surface area contributed by atoms with E-state index in [0.717, 1.165) is 64.8 Å². The highest BCUT2D eigenvalue weighted by Gasteiger charge is 2.17. The second-order valence-electron chi connectivity index (χ2n) is 6.07. The summed E-state index contributed by atoms with van der Waals surface area (Å²) < 4.78 is 11.0. The minimum atomic E-state index is 0.596. The zero-order valence-electron chi connectivity index (χ0n) is 12.7. The number of likely N-dealkylation sites (tertiary alicyclic amines) is 1. The van der Waals surface area contributed by atoms with Crippen LogP contribution in [-0.4, -0.2) is 56.9 Å². The Labute approximate surface area is 122 Å². The molecule has 2 rings (SSSR count). The summed E-state index contributed by atoms with van der Waals surface area (Å²) in [5.41, 5.74) is 6.03. The molecule has 5 heteroatoms. The van der Waals surface area contributed by atoms with Gasteiger partial charge in [-0.1, -0.05) is 6.92 Å². The average molecular weight is 283 g/mol. The zero-order chi connectivity index (χ0) is 14.2. The minimum Gasteiger partial charge on any atom is -0.381 e. The first-order valence-corrected chi connectivity index (χ1v) is 7.96. The Hall–Kier alpha value is -0.810. The van der Waals surface area contributed by atoms with Gasteiger partial charge in [0.2, 0.25) is 0 Å². The fourth-order valence-corrected chi connectivity index (χ4v) is 2.66. The molecule has 2 heterocycles. The number of hydrogen-bond acceptors (Lipinski definition) is 3. The summed E-state index contributed by atoms with van der Waals surface area (Å²) in [5, 5.41) is 0. The second-order valence-corrected chi connectivity index (χ2v) is 6.07. The summed E-state index contributed by atoms with van der Waals surface area (Å²) in [7, 11) is 0. The molecule has 0 bridgehead atoms. The van der Waals surface area contributed by atoms with Gasteiger partial charge in [-0.25, -0.2) is 0 Å². The van der Waals surface area contributed by atoms with Crippen LogP contribution in [-0.2, 0) is 9.47 Å². The fraction of sp³-hybridized carbons (Fsp3) is 0.933. The van der Waals surface area contributed by atoms with E-state index in [1.807, 2.05) is 0 Å². The molecular formula is C15H29N3O2. The van der Waals surface area contributed by atoms with Crippen molar-refractivity contribution in [2.45, 2.75) is 32.6 Å². The second kappa shape index (κ2) is 8.47. The smallest absolute Gasteiger partial charge is 0.191 e. The summed E-state index contributed by atoms with van der Waals surface area (Å²) in [6.45, 7) is 8.51. The van der Waals surface area contributed by atoms with Gasteiger partial charge in [-0.05, 0) is 31.6 Å². The van der Waals surface area contributed by atoms with Crippen LogP contribution >= 0.6 is 0 Å². The molecule has 2 aliphatic heterocycles. The number of guanidine groups is 1. The number of aliphatic imine (C=N–C) groups is 1. The predicted molar refractivity (Wildman–Crippen MR) is 80.8 cm³/mol. The van der Waals surface area contributed by atoms with Gasteiger partial charge in [0.05, 0.1) is 13.2 Å². The fourth-order valence-electron chi connectivity index (χ4n) is 2.66. The molecule has 2 saturated heterocycles. The summed E-state index contributed by atoms with van der Waals surface area (Å²) in [6, 6.07) is 0. The van der Waals surface area contributed by atoms with Crippen molar-refractivity contribution in [2.75, 3.05) is 46.1 Å². The largest absolute Gasteiger partial charge is 0.381 e. The Morgan fingerprint density at radius 3 is 2.85 bits per heavy atom.